The molecule has 1 aliphatic rings. The molecule has 1 rings (SSSR count). The van der Waals surface area contributed by atoms with Gasteiger partial charge in [-0.3, -0.25) is 9.18 Å². The van der Waals surface area contributed by atoms with Crippen LogP contribution in [-0.4, -0.2) is 18.2 Å². The van der Waals surface area contributed by atoms with Gasteiger partial charge in [-0.05, 0) is 24.9 Å². The van der Waals surface area contributed by atoms with Crippen molar-refractivity contribution in [2.24, 2.45) is 4.99 Å². The molecule has 1 aliphatic heterocycles. The first kappa shape index (κ1) is 7.09. The normalized spacial score (nSPS) is 20.8. The van der Waals surface area contributed by atoms with Gasteiger partial charge in [0.15, 0.2) is 6.73 Å². The second-order valence-electron chi connectivity index (χ2n) is 1.90. The predicted molar refractivity (Wildman–Crippen MR) is 40.8 cm³/mol. The monoisotopic (exact) mass is 145 g/mol. The van der Waals surface area contributed by atoms with Crippen LogP contribution in [0.1, 0.15) is 19.8 Å². The zero-order valence-corrected chi connectivity index (χ0v) is 6.41. The SMILES string of the molecule is CCC1=NCOSCC1. The van der Waals surface area contributed by atoms with Gasteiger partial charge in [-0.1, -0.05) is 6.92 Å². The molecule has 52 valence electrons. The predicted octanol–water partition coefficient (Wildman–Crippen LogP) is 1.86. The van der Waals surface area contributed by atoms with E-state index in [2.05, 4.69) is 11.9 Å². The van der Waals surface area contributed by atoms with Gasteiger partial charge >= 0.3 is 0 Å². The quantitative estimate of drug-likeness (QED) is 0.525. The maximum atomic E-state index is 5.06. The third-order valence-corrected chi connectivity index (χ3v) is 1.95. The van der Waals surface area contributed by atoms with Crippen LogP contribution in [0.4, 0.5) is 0 Å². The van der Waals surface area contributed by atoms with E-state index in [1.54, 1.807) is 0 Å². The highest BCUT2D eigenvalue weighted by atomic mass is 32.2. The molecule has 0 N–H and O–H groups in total. The van der Waals surface area contributed by atoms with Crippen molar-refractivity contribution in [2.75, 3.05) is 12.5 Å². The summed E-state index contributed by atoms with van der Waals surface area (Å²) in [6.45, 7) is 2.68. The van der Waals surface area contributed by atoms with Gasteiger partial charge in [-0.2, -0.15) is 0 Å². The van der Waals surface area contributed by atoms with Crippen molar-refractivity contribution in [1.29, 1.82) is 0 Å². The number of nitrogens with zero attached hydrogens (tertiary/aromatic N) is 1. The van der Waals surface area contributed by atoms with Gasteiger partial charge in [0.1, 0.15) is 0 Å². The Balaban J connectivity index is 2.37. The molecule has 0 fully saturated rings. The summed E-state index contributed by atoms with van der Waals surface area (Å²) < 4.78 is 5.06. The second kappa shape index (κ2) is 3.90. The molecule has 0 amide bonds. The van der Waals surface area contributed by atoms with E-state index in [1.165, 1.54) is 17.8 Å². The van der Waals surface area contributed by atoms with Crippen molar-refractivity contribution in [3.05, 3.63) is 0 Å². The van der Waals surface area contributed by atoms with Gasteiger partial charge in [0.05, 0.1) is 0 Å². The molecule has 0 spiro atoms. The molecule has 0 aromatic rings. The largest absolute Gasteiger partial charge is 0.292 e. The van der Waals surface area contributed by atoms with E-state index in [9.17, 15) is 0 Å². The van der Waals surface area contributed by atoms with E-state index < -0.39 is 0 Å². The molecule has 0 aliphatic carbocycles. The minimum atomic E-state index is 0.549. The van der Waals surface area contributed by atoms with E-state index in [4.69, 9.17) is 4.18 Å². The summed E-state index contributed by atoms with van der Waals surface area (Å²) in [5, 5.41) is 0. The summed E-state index contributed by atoms with van der Waals surface area (Å²) in [6, 6.07) is 0. The molecule has 0 atom stereocenters. The summed E-state index contributed by atoms with van der Waals surface area (Å²) >= 11 is 1.52. The first-order chi connectivity index (χ1) is 4.43. The van der Waals surface area contributed by atoms with Gasteiger partial charge in [0.25, 0.3) is 0 Å². The van der Waals surface area contributed by atoms with Crippen molar-refractivity contribution in [3.8, 4) is 0 Å². The molecule has 0 unspecified atom stereocenters. The lowest BCUT2D eigenvalue weighted by molar-refractivity contribution is 0.393. The first-order valence-corrected chi connectivity index (χ1v) is 4.11. The molecular formula is C6H11NOS. The molecule has 0 bridgehead atoms. The van der Waals surface area contributed by atoms with Crippen LogP contribution in [0.5, 0.6) is 0 Å². The third kappa shape index (κ3) is 2.37. The average molecular weight is 145 g/mol. The van der Waals surface area contributed by atoms with Crippen LogP contribution in [0.3, 0.4) is 0 Å². The molecule has 9 heavy (non-hydrogen) atoms. The Hall–Kier alpha value is -0.0200. The Labute approximate surface area is 59.9 Å². The Bertz CT molecular complexity index is 114. The molecule has 0 radical (unpaired) electrons. The zero-order chi connectivity index (χ0) is 6.53. The lowest BCUT2D eigenvalue weighted by Gasteiger charge is -1.93. The molecule has 3 heteroatoms. The maximum Gasteiger partial charge on any atom is 0.151 e. The molecule has 0 saturated heterocycles. The van der Waals surface area contributed by atoms with Crippen molar-refractivity contribution >= 4 is 17.8 Å². The van der Waals surface area contributed by atoms with Crippen molar-refractivity contribution < 1.29 is 4.18 Å². The van der Waals surface area contributed by atoms with Gasteiger partial charge < -0.3 is 0 Å². The number of aliphatic imine (C=N–C) groups is 1. The first-order valence-electron chi connectivity index (χ1n) is 3.20. The Morgan fingerprint density at radius 3 is 3.44 bits per heavy atom. The topological polar surface area (TPSA) is 21.6 Å². The Kier molecular flexibility index (Phi) is 3.08. The van der Waals surface area contributed by atoms with Crippen molar-refractivity contribution in [1.82, 2.24) is 0 Å². The van der Waals surface area contributed by atoms with Crippen LogP contribution in [0.25, 0.3) is 0 Å². The van der Waals surface area contributed by atoms with E-state index in [0.29, 0.717) is 6.73 Å². The molecular weight excluding hydrogens is 134 g/mol. The summed E-state index contributed by atoms with van der Waals surface area (Å²) in [5.74, 6) is 1.06. The Morgan fingerprint density at radius 2 is 2.67 bits per heavy atom. The number of hydrogen-bond donors (Lipinski definition) is 0. The van der Waals surface area contributed by atoms with Crippen LogP contribution in [0.2, 0.25) is 0 Å². The highest BCUT2D eigenvalue weighted by molar-refractivity contribution is 7.94. The van der Waals surface area contributed by atoms with Crippen LogP contribution in [-0.2, 0) is 4.18 Å². The highest BCUT2D eigenvalue weighted by Gasteiger charge is 2.00. The van der Waals surface area contributed by atoms with Crippen LogP contribution < -0.4 is 0 Å². The van der Waals surface area contributed by atoms with E-state index in [0.717, 1.165) is 18.6 Å². The van der Waals surface area contributed by atoms with Gasteiger partial charge in [-0.15, -0.1) is 0 Å². The molecule has 0 aromatic heterocycles. The van der Waals surface area contributed by atoms with Crippen LogP contribution in [0.15, 0.2) is 4.99 Å². The molecule has 2 nitrogen and oxygen atoms in total. The maximum absolute atomic E-state index is 5.06. The summed E-state index contributed by atoms with van der Waals surface area (Å²) in [4.78, 5) is 4.22. The lowest BCUT2D eigenvalue weighted by Crippen LogP contribution is -1.95. The average Bonchev–Trinajstić information content (AvgIpc) is 2.13. The number of rotatable bonds is 1. The minimum absolute atomic E-state index is 0.549. The zero-order valence-electron chi connectivity index (χ0n) is 5.59. The van der Waals surface area contributed by atoms with Crippen molar-refractivity contribution in [2.45, 2.75) is 19.8 Å². The summed E-state index contributed by atoms with van der Waals surface area (Å²) in [7, 11) is 0. The summed E-state index contributed by atoms with van der Waals surface area (Å²) in [6.07, 6.45) is 2.17. The fraction of sp³-hybridized carbons (Fsp3) is 0.833. The molecule has 1 heterocycles. The standard InChI is InChI=1S/C6H11NOS/c1-2-6-3-4-9-8-5-7-6/h2-5H2,1H3. The van der Waals surface area contributed by atoms with Gasteiger partial charge in [-0.25, -0.2) is 0 Å². The molecule has 0 aromatic carbocycles. The summed E-state index contributed by atoms with van der Waals surface area (Å²) in [5.41, 5.74) is 1.29. The van der Waals surface area contributed by atoms with E-state index in [-0.39, 0.29) is 0 Å². The van der Waals surface area contributed by atoms with Crippen LogP contribution >= 0.6 is 12.0 Å². The fourth-order valence-corrected chi connectivity index (χ4v) is 1.30. The second-order valence-corrected chi connectivity index (χ2v) is 2.78. The van der Waals surface area contributed by atoms with Gasteiger partial charge in [0.2, 0.25) is 0 Å². The smallest absolute Gasteiger partial charge is 0.151 e. The Morgan fingerprint density at radius 1 is 1.78 bits per heavy atom. The number of hydrogen-bond acceptors (Lipinski definition) is 3. The molecule has 0 saturated carbocycles. The highest BCUT2D eigenvalue weighted by Crippen LogP contribution is 2.10. The van der Waals surface area contributed by atoms with Crippen LogP contribution in [0, 0.1) is 0 Å². The lowest BCUT2D eigenvalue weighted by atomic mass is 10.2. The van der Waals surface area contributed by atoms with E-state index >= 15 is 0 Å². The van der Waals surface area contributed by atoms with E-state index in [1.807, 2.05) is 0 Å². The third-order valence-electron chi connectivity index (χ3n) is 1.31. The van der Waals surface area contributed by atoms with Crippen molar-refractivity contribution in [3.63, 3.8) is 0 Å². The van der Waals surface area contributed by atoms with Gasteiger partial charge in [0, 0.05) is 11.5 Å². The fourth-order valence-electron chi connectivity index (χ4n) is 0.741. The minimum Gasteiger partial charge on any atom is -0.292 e.